The van der Waals surface area contributed by atoms with Crippen molar-refractivity contribution in [1.82, 2.24) is 4.90 Å². The molecule has 0 aromatic heterocycles. The molecule has 0 spiro atoms. The van der Waals surface area contributed by atoms with Crippen LogP contribution in [0.5, 0.6) is 0 Å². The van der Waals surface area contributed by atoms with Gasteiger partial charge in [0.25, 0.3) is 0 Å². The zero-order valence-corrected chi connectivity index (χ0v) is 11.7. The zero-order valence-electron chi connectivity index (χ0n) is 11.0. The molecular weight excluding hydrogens is 260 g/mol. The van der Waals surface area contributed by atoms with Crippen LogP contribution in [-0.2, 0) is 6.54 Å². The Hall–Kier alpha value is -1.08. The first-order valence-electron chi connectivity index (χ1n) is 6.78. The summed E-state index contributed by atoms with van der Waals surface area (Å²) in [7, 11) is 0. The van der Waals surface area contributed by atoms with Gasteiger partial charge in [-0.05, 0) is 49.9 Å². The minimum absolute atomic E-state index is 0.266. The second kappa shape index (κ2) is 6.91. The number of likely N-dealkylation sites (tertiary alicyclic amines) is 1. The first kappa shape index (κ1) is 14.3. The summed E-state index contributed by atoms with van der Waals surface area (Å²) < 4.78 is 0. The number of benzene rings is 1. The minimum Gasteiger partial charge on any atom is -0.396 e. The Morgan fingerprint density at radius 2 is 2.32 bits per heavy atom. The van der Waals surface area contributed by atoms with E-state index in [-0.39, 0.29) is 6.61 Å². The Balaban J connectivity index is 2.02. The monoisotopic (exact) mass is 278 g/mol. The molecule has 1 aromatic carbocycles. The van der Waals surface area contributed by atoms with Crippen LogP contribution < -0.4 is 0 Å². The predicted octanol–water partition coefficient (Wildman–Crippen LogP) is 2.95. The molecule has 1 heterocycles. The summed E-state index contributed by atoms with van der Waals surface area (Å²) in [5, 5.41) is 18.4. The van der Waals surface area contributed by atoms with Crippen LogP contribution in [0.4, 0.5) is 0 Å². The van der Waals surface area contributed by atoms with Gasteiger partial charge >= 0.3 is 0 Å². The number of nitrogens with zero attached hydrogens (tertiary/aromatic N) is 2. The van der Waals surface area contributed by atoms with E-state index < -0.39 is 0 Å². The molecule has 1 saturated heterocycles. The molecule has 0 amide bonds. The summed E-state index contributed by atoms with van der Waals surface area (Å²) in [5.74, 6) is 0. The predicted molar refractivity (Wildman–Crippen MR) is 75.9 cm³/mol. The van der Waals surface area contributed by atoms with Crippen LogP contribution in [0.2, 0.25) is 5.02 Å². The number of rotatable bonds is 5. The number of hydrogen-bond donors (Lipinski definition) is 1. The van der Waals surface area contributed by atoms with Gasteiger partial charge in [0.05, 0.1) is 11.6 Å². The summed E-state index contributed by atoms with van der Waals surface area (Å²) in [5.41, 5.74) is 1.68. The lowest BCUT2D eigenvalue weighted by Crippen LogP contribution is -2.29. The maximum atomic E-state index is 8.93. The van der Waals surface area contributed by atoms with Crippen LogP contribution in [0.25, 0.3) is 0 Å². The van der Waals surface area contributed by atoms with E-state index in [0.717, 1.165) is 31.5 Å². The molecule has 1 N–H and O–H groups in total. The molecule has 2 rings (SSSR count). The molecule has 0 bridgehead atoms. The Bertz CT molecular complexity index is 470. The highest BCUT2D eigenvalue weighted by Crippen LogP contribution is 2.26. The average Bonchev–Trinajstić information content (AvgIpc) is 2.86. The largest absolute Gasteiger partial charge is 0.396 e. The lowest BCUT2D eigenvalue weighted by molar-refractivity contribution is 0.210. The molecule has 4 heteroatoms. The average molecular weight is 279 g/mol. The van der Waals surface area contributed by atoms with Crippen molar-refractivity contribution in [3.8, 4) is 6.07 Å². The molecule has 102 valence electrons. The quantitative estimate of drug-likeness (QED) is 0.901. The Labute approximate surface area is 119 Å². The third-order valence-corrected chi connectivity index (χ3v) is 4.10. The molecular formula is C15H19ClN2O. The van der Waals surface area contributed by atoms with Crippen molar-refractivity contribution in [3.05, 3.63) is 34.3 Å². The first-order chi connectivity index (χ1) is 9.24. The number of aliphatic hydroxyl groups is 1. The standard InChI is InChI=1S/C15H19ClN2O/c16-15-9-12(10-17)5-6-13(15)11-18-7-1-3-14(18)4-2-8-19/h5-6,9,14,19H,1-4,7-8,11H2. The Morgan fingerprint density at radius 3 is 3.00 bits per heavy atom. The van der Waals surface area contributed by atoms with Crippen molar-refractivity contribution in [2.24, 2.45) is 0 Å². The van der Waals surface area contributed by atoms with E-state index in [1.54, 1.807) is 6.07 Å². The van der Waals surface area contributed by atoms with Crippen LogP contribution in [0.15, 0.2) is 18.2 Å². The van der Waals surface area contributed by atoms with E-state index >= 15 is 0 Å². The van der Waals surface area contributed by atoms with Gasteiger partial charge in [-0.2, -0.15) is 5.26 Å². The third kappa shape index (κ3) is 3.70. The number of aliphatic hydroxyl groups excluding tert-OH is 1. The lowest BCUT2D eigenvalue weighted by Gasteiger charge is -2.24. The molecule has 0 saturated carbocycles. The van der Waals surface area contributed by atoms with Gasteiger partial charge in [-0.25, -0.2) is 0 Å². The normalized spacial score (nSPS) is 19.5. The van der Waals surface area contributed by atoms with Crippen molar-refractivity contribution in [3.63, 3.8) is 0 Å². The molecule has 1 unspecified atom stereocenters. The fourth-order valence-corrected chi connectivity index (χ4v) is 2.96. The van der Waals surface area contributed by atoms with Gasteiger partial charge in [-0.3, -0.25) is 4.90 Å². The van der Waals surface area contributed by atoms with Crippen molar-refractivity contribution >= 4 is 11.6 Å². The number of nitriles is 1. The van der Waals surface area contributed by atoms with E-state index in [0.29, 0.717) is 16.6 Å². The molecule has 1 fully saturated rings. The molecule has 1 aliphatic heterocycles. The highest BCUT2D eigenvalue weighted by Gasteiger charge is 2.24. The minimum atomic E-state index is 0.266. The number of halogens is 1. The molecule has 1 aliphatic rings. The van der Waals surface area contributed by atoms with Crippen LogP contribution in [-0.4, -0.2) is 29.2 Å². The van der Waals surface area contributed by atoms with Gasteiger partial charge in [-0.1, -0.05) is 17.7 Å². The van der Waals surface area contributed by atoms with E-state index in [1.165, 1.54) is 12.8 Å². The number of hydrogen-bond acceptors (Lipinski definition) is 3. The summed E-state index contributed by atoms with van der Waals surface area (Å²) in [6.07, 6.45) is 4.32. The van der Waals surface area contributed by atoms with E-state index in [2.05, 4.69) is 11.0 Å². The van der Waals surface area contributed by atoms with Gasteiger partial charge in [0.15, 0.2) is 0 Å². The summed E-state index contributed by atoms with van der Waals surface area (Å²) in [6.45, 7) is 2.19. The first-order valence-corrected chi connectivity index (χ1v) is 7.16. The SMILES string of the molecule is N#Cc1ccc(CN2CCCC2CCCO)c(Cl)c1. The van der Waals surface area contributed by atoms with Crippen molar-refractivity contribution in [1.29, 1.82) is 5.26 Å². The van der Waals surface area contributed by atoms with E-state index in [4.69, 9.17) is 22.0 Å². The topological polar surface area (TPSA) is 47.3 Å². The van der Waals surface area contributed by atoms with Gasteiger partial charge in [-0.15, -0.1) is 0 Å². The second-order valence-electron chi connectivity index (χ2n) is 5.05. The lowest BCUT2D eigenvalue weighted by atomic mass is 10.1. The molecule has 0 aliphatic carbocycles. The smallest absolute Gasteiger partial charge is 0.0992 e. The molecule has 3 nitrogen and oxygen atoms in total. The summed E-state index contributed by atoms with van der Waals surface area (Å²) >= 11 is 6.22. The summed E-state index contributed by atoms with van der Waals surface area (Å²) in [6, 6.07) is 8.15. The molecule has 1 atom stereocenters. The fourth-order valence-electron chi connectivity index (χ4n) is 2.72. The van der Waals surface area contributed by atoms with Crippen molar-refractivity contribution in [2.45, 2.75) is 38.3 Å². The molecule has 0 radical (unpaired) electrons. The van der Waals surface area contributed by atoms with Gasteiger partial charge in [0.1, 0.15) is 0 Å². The van der Waals surface area contributed by atoms with Crippen LogP contribution in [0.1, 0.15) is 36.8 Å². The highest BCUT2D eigenvalue weighted by atomic mass is 35.5. The van der Waals surface area contributed by atoms with Crippen LogP contribution in [0, 0.1) is 11.3 Å². The van der Waals surface area contributed by atoms with Gasteiger partial charge < -0.3 is 5.11 Å². The van der Waals surface area contributed by atoms with Crippen molar-refractivity contribution in [2.75, 3.05) is 13.2 Å². The van der Waals surface area contributed by atoms with Crippen LogP contribution >= 0.6 is 11.6 Å². The molecule has 19 heavy (non-hydrogen) atoms. The summed E-state index contributed by atoms with van der Waals surface area (Å²) in [4.78, 5) is 2.43. The third-order valence-electron chi connectivity index (χ3n) is 3.75. The Kier molecular flexibility index (Phi) is 5.21. The molecule has 1 aromatic rings. The van der Waals surface area contributed by atoms with Gasteiger partial charge in [0.2, 0.25) is 0 Å². The second-order valence-corrected chi connectivity index (χ2v) is 5.46. The van der Waals surface area contributed by atoms with E-state index in [9.17, 15) is 0 Å². The maximum Gasteiger partial charge on any atom is 0.0992 e. The van der Waals surface area contributed by atoms with E-state index in [1.807, 2.05) is 12.1 Å². The van der Waals surface area contributed by atoms with Crippen molar-refractivity contribution < 1.29 is 5.11 Å². The highest BCUT2D eigenvalue weighted by molar-refractivity contribution is 6.31. The fraction of sp³-hybridized carbons (Fsp3) is 0.533. The van der Waals surface area contributed by atoms with Crippen LogP contribution in [0.3, 0.4) is 0 Å². The zero-order chi connectivity index (χ0) is 13.7. The Morgan fingerprint density at radius 1 is 1.47 bits per heavy atom. The maximum absolute atomic E-state index is 8.93. The van der Waals surface area contributed by atoms with Gasteiger partial charge in [0, 0.05) is 24.2 Å².